The molecule has 0 N–H and O–H groups in total. The van der Waals surface area contributed by atoms with Gasteiger partial charge in [0, 0.05) is 35.3 Å². The molecule has 0 bridgehead atoms. The minimum atomic E-state index is -0.355. The van der Waals surface area contributed by atoms with E-state index < -0.39 is 0 Å². The van der Waals surface area contributed by atoms with Gasteiger partial charge >= 0.3 is 0 Å². The summed E-state index contributed by atoms with van der Waals surface area (Å²) in [7, 11) is 1.90. The van der Waals surface area contributed by atoms with Crippen LogP contribution in [0.3, 0.4) is 0 Å². The summed E-state index contributed by atoms with van der Waals surface area (Å²) in [6.45, 7) is 1.93. The minimum absolute atomic E-state index is 0.355. The second-order valence-electron chi connectivity index (χ2n) is 5.93. The summed E-state index contributed by atoms with van der Waals surface area (Å²) in [4.78, 5) is 4.43. The Kier molecular flexibility index (Phi) is 3.77. The van der Waals surface area contributed by atoms with Crippen molar-refractivity contribution in [3.05, 3.63) is 71.3 Å². The van der Waals surface area contributed by atoms with Crippen LogP contribution in [0.2, 0.25) is 5.02 Å². The fourth-order valence-corrected chi connectivity index (χ4v) is 3.55. The number of pyridine rings is 1. The lowest BCUT2D eigenvalue weighted by Gasteiger charge is -2.11. The van der Waals surface area contributed by atoms with Crippen molar-refractivity contribution in [3.8, 4) is 22.4 Å². The Morgan fingerprint density at radius 1 is 1.04 bits per heavy atom. The molecule has 25 heavy (non-hydrogen) atoms. The molecule has 0 radical (unpaired) electrons. The number of hydrogen-bond acceptors (Lipinski definition) is 2. The van der Waals surface area contributed by atoms with E-state index in [0.717, 1.165) is 39.0 Å². The molecule has 0 aliphatic rings. The van der Waals surface area contributed by atoms with Crippen molar-refractivity contribution in [2.24, 2.45) is 7.05 Å². The highest BCUT2D eigenvalue weighted by Gasteiger charge is 2.20. The van der Waals surface area contributed by atoms with Gasteiger partial charge in [-0.1, -0.05) is 29.8 Å². The van der Waals surface area contributed by atoms with Gasteiger partial charge in [0.1, 0.15) is 5.82 Å². The van der Waals surface area contributed by atoms with Gasteiger partial charge in [-0.05, 0) is 37.3 Å². The normalized spacial score (nSPS) is 11.2. The van der Waals surface area contributed by atoms with Crippen molar-refractivity contribution < 1.29 is 4.39 Å². The minimum Gasteiger partial charge on any atom is -0.267 e. The number of benzene rings is 2. The third-order valence-electron chi connectivity index (χ3n) is 4.33. The quantitative estimate of drug-likeness (QED) is 0.484. The van der Waals surface area contributed by atoms with Crippen LogP contribution in [0.4, 0.5) is 4.39 Å². The van der Waals surface area contributed by atoms with Gasteiger partial charge < -0.3 is 0 Å². The molecule has 5 heteroatoms. The molecule has 3 nitrogen and oxygen atoms in total. The molecule has 4 aromatic rings. The van der Waals surface area contributed by atoms with E-state index in [2.05, 4.69) is 10.1 Å². The van der Waals surface area contributed by atoms with Gasteiger partial charge in [-0.25, -0.2) is 4.39 Å². The van der Waals surface area contributed by atoms with Crippen LogP contribution in [0.25, 0.3) is 33.3 Å². The molecule has 0 aliphatic heterocycles. The van der Waals surface area contributed by atoms with Gasteiger partial charge in [0.05, 0.1) is 21.9 Å². The van der Waals surface area contributed by atoms with Crippen LogP contribution >= 0.6 is 11.6 Å². The maximum atomic E-state index is 13.5. The maximum Gasteiger partial charge on any atom is 0.124 e. The van der Waals surface area contributed by atoms with E-state index in [1.807, 2.05) is 49.0 Å². The first-order valence-corrected chi connectivity index (χ1v) is 8.27. The van der Waals surface area contributed by atoms with E-state index in [1.165, 1.54) is 12.1 Å². The Labute approximate surface area is 149 Å². The van der Waals surface area contributed by atoms with Gasteiger partial charge in [-0.15, -0.1) is 0 Å². The van der Waals surface area contributed by atoms with Crippen LogP contribution in [0.15, 0.2) is 54.7 Å². The molecular formula is C20H15ClFN3. The summed E-state index contributed by atoms with van der Waals surface area (Å²) in [6.07, 6.45) is 1.79. The van der Waals surface area contributed by atoms with Gasteiger partial charge in [-0.2, -0.15) is 5.10 Å². The molecule has 0 saturated heterocycles. The number of aromatic nitrogens is 3. The van der Waals surface area contributed by atoms with E-state index in [9.17, 15) is 4.39 Å². The summed E-state index contributed by atoms with van der Waals surface area (Å²) in [6, 6.07) is 14.4. The first-order chi connectivity index (χ1) is 12.1. The lowest BCUT2D eigenvalue weighted by atomic mass is 9.97. The average molecular weight is 352 g/mol. The highest BCUT2D eigenvalue weighted by Crippen LogP contribution is 2.40. The van der Waals surface area contributed by atoms with Crippen LogP contribution in [-0.2, 0) is 7.05 Å². The van der Waals surface area contributed by atoms with Crippen molar-refractivity contribution in [1.29, 1.82) is 0 Å². The zero-order valence-corrected chi connectivity index (χ0v) is 14.5. The molecule has 124 valence electrons. The zero-order valence-electron chi connectivity index (χ0n) is 13.8. The molecule has 4 rings (SSSR count). The number of halogens is 2. The van der Waals surface area contributed by atoms with E-state index in [-0.39, 0.29) is 5.82 Å². The highest BCUT2D eigenvalue weighted by molar-refractivity contribution is 6.33. The molecular weight excluding hydrogens is 337 g/mol. The molecule has 2 aromatic carbocycles. The lowest BCUT2D eigenvalue weighted by molar-refractivity contribution is 0.628. The van der Waals surface area contributed by atoms with Crippen molar-refractivity contribution in [3.63, 3.8) is 0 Å². The second-order valence-corrected chi connectivity index (χ2v) is 6.34. The van der Waals surface area contributed by atoms with Crippen LogP contribution in [0, 0.1) is 12.7 Å². The van der Waals surface area contributed by atoms with Crippen molar-refractivity contribution in [2.45, 2.75) is 6.92 Å². The third-order valence-corrected chi connectivity index (χ3v) is 4.64. The van der Waals surface area contributed by atoms with Crippen molar-refractivity contribution in [2.75, 3.05) is 0 Å². The number of para-hydroxylation sites is 1. The Morgan fingerprint density at radius 2 is 1.84 bits per heavy atom. The lowest BCUT2D eigenvalue weighted by Crippen LogP contribution is -1.96. The summed E-state index contributed by atoms with van der Waals surface area (Å²) >= 11 is 6.33. The molecule has 0 atom stereocenters. The number of hydrogen-bond donors (Lipinski definition) is 0. The van der Waals surface area contributed by atoms with Gasteiger partial charge in [-0.3, -0.25) is 9.67 Å². The van der Waals surface area contributed by atoms with E-state index in [4.69, 9.17) is 11.6 Å². The first kappa shape index (κ1) is 15.8. The molecule has 0 spiro atoms. The molecule has 0 saturated carbocycles. The first-order valence-electron chi connectivity index (χ1n) is 7.89. The number of nitrogens with zero attached hydrogens (tertiary/aromatic N) is 3. The predicted molar refractivity (Wildman–Crippen MR) is 99.1 cm³/mol. The van der Waals surface area contributed by atoms with E-state index in [1.54, 1.807) is 12.3 Å². The predicted octanol–water partition coefficient (Wildman–Crippen LogP) is 5.40. The van der Waals surface area contributed by atoms with E-state index in [0.29, 0.717) is 5.02 Å². The van der Waals surface area contributed by atoms with Crippen molar-refractivity contribution >= 4 is 22.5 Å². The van der Waals surface area contributed by atoms with Gasteiger partial charge in [0.2, 0.25) is 0 Å². The molecule has 0 aliphatic carbocycles. The number of fused-ring (bicyclic) bond motifs is 1. The summed E-state index contributed by atoms with van der Waals surface area (Å²) in [5.74, 6) is -0.355. The Balaban J connectivity index is 2.06. The van der Waals surface area contributed by atoms with Crippen LogP contribution in [0.1, 0.15) is 5.69 Å². The smallest absolute Gasteiger partial charge is 0.124 e. The average Bonchev–Trinajstić information content (AvgIpc) is 2.88. The SMILES string of the molecule is Cc1nn(C)c(-c2ccnc3ccccc23)c1-c1ccc(F)cc1Cl. The largest absolute Gasteiger partial charge is 0.267 e. The van der Waals surface area contributed by atoms with Crippen LogP contribution < -0.4 is 0 Å². The number of aryl methyl sites for hydroxylation is 2. The molecule has 2 aromatic heterocycles. The monoisotopic (exact) mass is 351 g/mol. The zero-order chi connectivity index (χ0) is 17.6. The van der Waals surface area contributed by atoms with E-state index >= 15 is 0 Å². The Bertz CT molecular complexity index is 1100. The topological polar surface area (TPSA) is 30.7 Å². The van der Waals surface area contributed by atoms with Gasteiger partial charge in [0.15, 0.2) is 0 Å². The van der Waals surface area contributed by atoms with Crippen molar-refractivity contribution in [1.82, 2.24) is 14.8 Å². The maximum absolute atomic E-state index is 13.5. The summed E-state index contributed by atoms with van der Waals surface area (Å²) < 4.78 is 15.3. The second kappa shape index (κ2) is 5.97. The van der Waals surface area contributed by atoms with Crippen LogP contribution in [0.5, 0.6) is 0 Å². The fourth-order valence-electron chi connectivity index (χ4n) is 3.28. The Hall–Kier alpha value is -2.72. The fraction of sp³-hybridized carbons (Fsp3) is 0.100. The van der Waals surface area contributed by atoms with Crippen LogP contribution in [-0.4, -0.2) is 14.8 Å². The summed E-state index contributed by atoms with van der Waals surface area (Å²) in [5.41, 5.74) is 5.38. The standard InChI is InChI=1S/C20H15ClFN3/c1-12-19(16-8-7-13(22)11-17(16)21)20(25(2)24-12)15-9-10-23-18-6-4-3-5-14(15)18/h3-11H,1-2H3. The molecule has 2 heterocycles. The summed E-state index contributed by atoms with van der Waals surface area (Å²) in [5, 5.41) is 5.98. The Morgan fingerprint density at radius 3 is 2.64 bits per heavy atom. The third kappa shape index (κ3) is 2.59. The molecule has 0 fully saturated rings. The molecule has 0 amide bonds. The van der Waals surface area contributed by atoms with Gasteiger partial charge in [0.25, 0.3) is 0 Å². The molecule has 0 unspecified atom stereocenters. The number of rotatable bonds is 2. The highest BCUT2D eigenvalue weighted by atomic mass is 35.5.